The van der Waals surface area contributed by atoms with Gasteiger partial charge in [-0.2, -0.15) is 0 Å². The number of hydrogen-bond donors (Lipinski definition) is 0. The fraction of sp³-hybridized carbons (Fsp3) is 0.462. The third-order valence-corrected chi connectivity index (χ3v) is 9.00. The molecule has 0 fully saturated rings. The smallest absolute Gasteiger partial charge is 0.744 e. The molecule has 1 aromatic carbocycles. The van der Waals surface area contributed by atoms with Crippen molar-refractivity contribution in [2.45, 2.75) is 43.8 Å². The minimum Gasteiger partial charge on any atom is -0.744 e. The Morgan fingerprint density at radius 3 is 2.05 bits per heavy atom. The summed E-state index contributed by atoms with van der Waals surface area (Å²) in [6, 6.07) is 7.65. The van der Waals surface area contributed by atoms with Crippen molar-refractivity contribution in [2.75, 3.05) is 0 Å². The maximum atomic E-state index is 12.2. The number of carbonyl (C=O) groups is 1. The van der Waals surface area contributed by atoms with Gasteiger partial charge in [0.05, 0.1) is 10.5 Å². The first kappa shape index (κ1) is 20.4. The van der Waals surface area contributed by atoms with Crippen molar-refractivity contribution in [3.05, 3.63) is 29.8 Å². The fourth-order valence-electron chi connectivity index (χ4n) is 2.07. The van der Waals surface area contributed by atoms with Crippen LogP contribution in [0.3, 0.4) is 0 Å². The monoisotopic (exact) mass is 322 g/mol. The summed E-state index contributed by atoms with van der Waals surface area (Å²) in [5.41, 5.74) is -0.172. The van der Waals surface area contributed by atoms with Crippen molar-refractivity contribution < 1.29 is 41.1 Å². The van der Waals surface area contributed by atoms with Gasteiger partial charge in [0.2, 0.25) is 0 Å². The molecule has 0 unspecified atom stereocenters. The molecule has 5 nitrogen and oxygen atoms in total. The van der Waals surface area contributed by atoms with Gasteiger partial charge in [-0.15, -0.1) is 0 Å². The molecule has 1 rings (SSSR count). The van der Waals surface area contributed by atoms with E-state index in [1.807, 2.05) is 20.8 Å². The van der Waals surface area contributed by atoms with Gasteiger partial charge in [0.25, 0.3) is 8.32 Å². The average molecular weight is 322 g/mol. The molecule has 21 heavy (non-hydrogen) atoms. The molecule has 0 radical (unpaired) electrons. The van der Waals surface area contributed by atoms with Gasteiger partial charge < -0.3 is 8.98 Å². The predicted octanol–water partition coefficient (Wildman–Crippen LogP) is -0.243. The van der Waals surface area contributed by atoms with E-state index in [0.717, 1.165) is 24.2 Å². The summed E-state index contributed by atoms with van der Waals surface area (Å²) in [7, 11) is -6.88. The molecule has 0 spiro atoms. The summed E-state index contributed by atoms with van der Waals surface area (Å²) in [6.07, 6.45) is 0. The minimum absolute atomic E-state index is 0. The van der Waals surface area contributed by atoms with Crippen LogP contribution in [0.5, 0.6) is 0 Å². The molecule has 1 aromatic rings. The molecule has 8 heteroatoms. The Balaban J connectivity index is 0.00000400. The standard InChI is InChI=1S/C13H20O5SSi.Li/c1-4-20(5-2,6-3)18-13(14)11-9-7-8-10-12(11)19(15,16)17;/h7-10H,4-6H2,1-3H3,(H,15,16,17);/q;+1/p-1. The van der Waals surface area contributed by atoms with Crippen LogP contribution in [0.15, 0.2) is 29.2 Å². The van der Waals surface area contributed by atoms with Crippen molar-refractivity contribution in [3.63, 3.8) is 0 Å². The van der Waals surface area contributed by atoms with Crippen LogP contribution in [0.1, 0.15) is 31.1 Å². The van der Waals surface area contributed by atoms with E-state index in [2.05, 4.69) is 0 Å². The Morgan fingerprint density at radius 2 is 1.62 bits per heavy atom. The van der Waals surface area contributed by atoms with E-state index in [9.17, 15) is 17.8 Å². The second-order valence-electron chi connectivity index (χ2n) is 4.58. The van der Waals surface area contributed by atoms with Gasteiger partial charge in [-0.05, 0) is 30.3 Å². The molecule has 112 valence electrons. The first-order valence-corrected chi connectivity index (χ1v) is 10.5. The molecule has 0 saturated heterocycles. The largest absolute Gasteiger partial charge is 1.00 e. The zero-order valence-electron chi connectivity index (χ0n) is 12.9. The zero-order valence-corrected chi connectivity index (χ0v) is 14.7. The Morgan fingerprint density at radius 1 is 1.14 bits per heavy atom. The number of benzene rings is 1. The van der Waals surface area contributed by atoms with E-state index in [4.69, 9.17) is 4.43 Å². The van der Waals surface area contributed by atoms with E-state index in [1.54, 1.807) is 0 Å². The Hall–Kier alpha value is -0.586. The van der Waals surface area contributed by atoms with Crippen LogP contribution >= 0.6 is 0 Å². The first-order valence-electron chi connectivity index (χ1n) is 6.58. The van der Waals surface area contributed by atoms with Crippen molar-refractivity contribution in [3.8, 4) is 0 Å². The maximum Gasteiger partial charge on any atom is 1.00 e. The van der Waals surface area contributed by atoms with Crippen molar-refractivity contribution in [1.29, 1.82) is 0 Å². The van der Waals surface area contributed by atoms with Crippen molar-refractivity contribution in [2.24, 2.45) is 0 Å². The molecule has 0 amide bonds. The quantitative estimate of drug-likeness (QED) is 0.533. The average Bonchev–Trinajstić information content (AvgIpc) is 2.44. The summed E-state index contributed by atoms with van der Waals surface area (Å²) in [5.74, 6) is -0.711. The van der Waals surface area contributed by atoms with E-state index < -0.39 is 29.3 Å². The van der Waals surface area contributed by atoms with Crippen molar-refractivity contribution >= 4 is 24.4 Å². The normalized spacial score (nSPS) is 11.6. The topological polar surface area (TPSA) is 83.5 Å². The van der Waals surface area contributed by atoms with Gasteiger partial charge in [-0.3, -0.25) is 0 Å². The van der Waals surface area contributed by atoms with Gasteiger partial charge in [0.15, 0.2) is 0 Å². The van der Waals surface area contributed by atoms with E-state index in [-0.39, 0.29) is 24.4 Å². The summed E-state index contributed by atoms with van der Waals surface area (Å²) in [6.45, 7) is 5.88. The fourth-order valence-corrected chi connectivity index (χ4v) is 5.17. The maximum absolute atomic E-state index is 12.2. The molecular weight excluding hydrogens is 303 g/mol. The Labute approximate surface area is 139 Å². The molecule has 0 saturated carbocycles. The molecule has 0 atom stereocenters. The zero-order chi connectivity index (χ0) is 15.4. The number of hydrogen-bond acceptors (Lipinski definition) is 5. The third-order valence-electron chi connectivity index (χ3n) is 3.62. The van der Waals surface area contributed by atoms with Crippen LogP contribution in [-0.2, 0) is 14.5 Å². The first-order chi connectivity index (χ1) is 9.29. The van der Waals surface area contributed by atoms with Gasteiger partial charge in [0.1, 0.15) is 10.1 Å². The molecular formula is C13H19LiO5SSi. The van der Waals surface area contributed by atoms with E-state index >= 15 is 0 Å². The van der Waals surface area contributed by atoms with Crippen molar-refractivity contribution in [1.82, 2.24) is 0 Å². The minimum atomic E-state index is -4.69. The Kier molecular flexibility index (Phi) is 7.93. The summed E-state index contributed by atoms with van der Waals surface area (Å²) < 4.78 is 39.1. The van der Waals surface area contributed by atoms with E-state index in [0.29, 0.717) is 0 Å². The second kappa shape index (κ2) is 8.15. The van der Waals surface area contributed by atoms with E-state index in [1.165, 1.54) is 18.2 Å². The van der Waals surface area contributed by atoms with Crippen LogP contribution in [0, 0.1) is 0 Å². The molecule has 0 aliphatic rings. The van der Waals surface area contributed by atoms with Gasteiger partial charge >= 0.3 is 24.8 Å². The number of rotatable bonds is 6. The van der Waals surface area contributed by atoms with Crippen LogP contribution in [-0.4, -0.2) is 27.3 Å². The molecule has 0 aliphatic heterocycles. The molecule has 0 aromatic heterocycles. The summed E-state index contributed by atoms with van der Waals surface area (Å²) in [4.78, 5) is 11.7. The number of carbonyl (C=O) groups excluding carboxylic acids is 1. The van der Waals surface area contributed by atoms with Crippen LogP contribution in [0.2, 0.25) is 18.1 Å². The molecule has 0 heterocycles. The second-order valence-corrected chi connectivity index (χ2v) is 10.6. The SMILES string of the molecule is CC[Si](CC)(CC)OC(=O)c1ccccc1S(=O)(=O)[O-].[Li+]. The molecule has 0 N–H and O–H groups in total. The molecule has 0 aliphatic carbocycles. The third kappa shape index (κ3) is 4.97. The molecule has 0 bridgehead atoms. The van der Waals surface area contributed by atoms with Crippen LogP contribution in [0.25, 0.3) is 0 Å². The van der Waals surface area contributed by atoms with Crippen LogP contribution < -0.4 is 18.9 Å². The predicted molar refractivity (Wildman–Crippen MR) is 77.0 cm³/mol. The van der Waals surface area contributed by atoms with Crippen LogP contribution in [0.4, 0.5) is 0 Å². The van der Waals surface area contributed by atoms with Gasteiger partial charge in [-0.25, -0.2) is 13.2 Å². The van der Waals surface area contributed by atoms with Gasteiger partial charge in [0, 0.05) is 0 Å². The Bertz CT molecular complexity index is 576. The summed E-state index contributed by atoms with van der Waals surface area (Å²) >= 11 is 0. The van der Waals surface area contributed by atoms with Gasteiger partial charge in [-0.1, -0.05) is 32.9 Å². The summed E-state index contributed by atoms with van der Waals surface area (Å²) in [5, 5.41) is 0.